The molecule has 1 aromatic carbocycles. The lowest BCUT2D eigenvalue weighted by Gasteiger charge is -2.04. The van der Waals surface area contributed by atoms with E-state index >= 15 is 0 Å². The Hall–Kier alpha value is -1.07. The highest BCUT2D eigenvalue weighted by Gasteiger charge is 2.03. The Balaban J connectivity index is 2.24. The summed E-state index contributed by atoms with van der Waals surface area (Å²) < 4.78 is 1.07. The van der Waals surface area contributed by atoms with Gasteiger partial charge in [-0.15, -0.1) is 0 Å². The largest absolute Gasteiger partial charge is 0.373 e. The van der Waals surface area contributed by atoms with E-state index in [-0.39, 0.29) is 0 Å². The molecular weight excluding hydrogens is 286 g/mol. The first-order valence-electron chi connectivity index (χ1n) is 4.72. The third-order valence-electron chi connectivity index (χ3n) is 1.95. The second-order valence-electron chi connectivity index (χ2n) is 3.02. The van der Waals surface area contributed by atoms with Crippen LogP contribution in [-0.4, -0.2) is 17.0 Å². The summed E-state index contributed by atoms with van der Waals surface area (Å²) in [5, 5.41) is 3.91. The number of nitrogens with one attached hydrogen (secondary N) is 1. The van der Waals surface area contributed by atoms with Gasteiger partial charge in [-0.05, 0) is 28.1 Å². The molecule has 16 heavy (non-hydrogen) atoms. The van der Waals surface area contributed by atoms with Crippen LogP contribution in [0.3, 0.4) is 0 Å². The molecule has 82 valence electrons. The van der Waals surface area contributed by atoms with Crippen molar-refractivity contribution in [3.05, 3.63) is 41.1 Å². The molecule has 5 heteroatoms. The average Bonchev–Trinajstić information content (AvgIpc) is 2.32. The number of nitrogens with zero attached hydrogens (tertiary/aromatic N) is 2. The van der Waals surface area contributed by atoms with Crippen molar-refractivity contribution < 1.29 is 0 Å². The quantitative estimate of drug-likeness (QED) is 0.881. The molecule has 0 bridgehead atoms. The first-order chi connectivity index (χ1) is 7.79. The van der Waals surface area contributed by atoms with Crippen LogP contribution in [0.1, 0.15) is 0 Å². The summed E-state index contributed by atoms with van der Waals surface area (Å²) in [5.41, 5.74) is 0. The number of benzene rings is 1. The molecule has 0 radical (unpaired) electrons. The maximum absolute atomic E-state index is 4.21. The summed E-state index contributed by atoms with van der Waals surface area (Å²) in [5.74, 6) is 0.824. The second kappa shape index (κ2) is 5.32. The van der Waals surface area contributed by atoms with Crippen LogP contribution in [0.15, 0.2) is 51.1 Å². The number of anilines is 1. The van der Waals surface area contributed by atoms with E-state index in [4.69, 9.17) is 0 Å². The van der Waals surface area contributed by atoms with Gasteiger partial charge in [-0.1, -0.05) is 23.9 Å². The van der Waals surface area contributed by atoms with Gasteiger partial charge in [0.15, 0.2) is 0 Å². The van der Waals surface area contributed by atoms with Gasteiger partial charge in [0.2, 0.25) is 0 Å². The van der Waals surface area contributed by atoms with E-state index in [1.165, 1.54) is 0 Å². The van der Waals surface area contributed by atoms with Crippen molar-refractivity contribution in [3.63, 3.8) is 0 Å². The van der Waals surface area contributed by atoms with Gasteiger partial charge in [-0.3, -0.25) is 0 Å². The number of rotatable bonds is 3. The zero-order valence-corrected chi connectivity index (χ0v) is 11.0. The lowest BCUT2D eigenvalue weighted by molar-refractivity contribution is 1.05. The molecule has 0 aliphatic rings. The van der Waals surface area contributed by atoms with Crippen LogP contribution in [0, 0.1) is 0 Å². The van der Waals surface area contributed by atoms with Crippen LogP contribution in [0.4, 0.5) is 5.82 Å². The molecule has 1 N–H and O–H groups in total. The molecule has 0 unspecified atom stereocenters. The SMILES string of the molecule is CNc1cc(Sc2ccccc2Br)ncn1. The topological polar surface area (TPSA) is 37.8 Å². The minimum Gasteiger partial charge on any atom is -0.373 e. The summed E-state index contributed by atoms with van der Waals surface area (Å²) >= 11 is 5.12. The third kappa shape index (κ3) is 2.74. The first kappa shape index (κ1) is 11.4. The Bertz CT molecular complexity index is 490. The van der Waals surface area contributed by atoms with Crippen LogP contribution in [0.2, 0.25) is 0 Å². The Morgan fingerprint density at radius 1 is 1.25 bits per heavy atom. The van der Waals surface area contributed by atoms with E-state index in [1.54, 1.807) is 18.1 Å². The van der Waals surface area contributed by atoms with Crippen molar-refractivity contribution in [2.45, 2.75) is 9.92 Å². The van der Waals surface area contributed by atoms with Gasteiger partial charge in [0.1, 0.15) is 17.2 Å². The molecule has 3 nitrogen and oxygen atoms in total. The van der Waals surface area contributed by atoms with Crippen molar-refractivity contribution in [1.29, 1.82) is 0 Å². The van der Waals surface area contributed by atoms with E-state index < -0.39 is 0 Å². The maximum Gasteiger partial charge on any atom is 0.130 e. The maximum atomic E-state index is 4.21. The van der Waals surface area contributed by atoms with Crippen molar-refractivity contribution in [2.75, 3.05) is 12.4 Å². The highest BCUT2D eigenvalue weighted by Crippen LogP contribution is 2.32. The summed E-state index contributed by atoms with van der Waals surface area (Å²) in [6.45, 7) is 0. The zero-order valence-electron chi connectivity index (χ0n) is 8.64. The Labute approximate surface area is 107 Å². The summed E-state index contributed by atoms with van der Waals surface area (Å²) in [4.78, 5) is 9.43. The Morgan fingerprint density at radius 2 is 2.06 bits per heavy atom. The molecule has 0 aliphatic carbocycles. The number of hydrogen-bond donors (Lipinski definition) is 1. The van der Waals surface area contributed by atoms with Gasteiger partial charge >= 0.3 is 0 Å². The van der Waals surface area contributed by atoms with Crippen LogP contribution < -0.4 is 5.32 Å². The highest BCUT2D eigenvalue weighted by molar-refractivity contribution is 9.10. The van der Waals surface area contributed by atoms with E-state index in [1.807, 2.05) is 31.3 Å². The number of hydrogen-bond acceptors (Lipinski definition) is 4. The van der Waals surface area contributed by atoms with Crippen LogP contribution in [0.5, 0.6) is 0 Å². The number of halogens is 1. The predicted molar refractivity (Wildman–Crippen MR) is 69.8 cm³/mol. The smallest absolute Gasteiger partial charge is 0.130 e. The van der Waals surface area contributed by atoms with Gasteiger partial charge in [0.25, 0.3) is 0 Å². The fourth-order valence-electron chi connectivity index (χ4n) is 1.17. The molecule has 0 atom stereocenters. The van der Waals surface area contributed by atoms with Crippen LogP contribution in [-0.2, 0) is 0 Å². The minimum atomic E-state index is 0.824. The fourth-order valence-corrected chi connectivity index (χ4v) is 2.51. The highest BCUT2D eigenvalue weighted by atomic mass is 79.9. The molecular formula is C11H10BrN3S. The summed E-state index contributed by atoms with van der Waals surface area (Å²) in [7, 11) is 1.84. The molecule has 2 aromatic rings. The Morgan fingerprint density at radius 3 is 2.81 bits per heavy atom. The predicted octanol–water partition coefficient (Wildman–Crippen LogP) is 3.43. The summed E-state index contributed by atoms with van der Waals surface area (Å²) in [6.07, 6.45) is 1.56. The molecule has 0 amide bonds. The standard InChI is InChI=1S/C11H10BrN3S/c1-13-10-6-11(15-7-14-10)16-9-5-3-2-4-8(9)12/h2-7H,1H3,(H,13,14,15). The first-order valence-corrected chi connectivity index (χ1v) is 6.33. The van der Waals surface area contributed by atoms with E-state index in [9.17, 15) is 0 Å². The number of aromatic nitrogens is 2. The van der Waals surface area contributed by atoms with Crippen molar-refractivity contribution >= 4 is 33.5 Å². The lowest BCUT2D eigenvalue weighted by Crippen LogP contribution is -1.93. The molecule has 0 fully saturated rings. The van der Waals surface area contributed by atoms with Gasteiger partial charge < -0.3 is 5.32 Å². The normalized spacial score (nSPS) is 10.1. The third-order valence-corrected chi connectivity index (χ3v) is 3.91. The monoisotopic (exact) mass is 295 g/mol. The summed E-state index contributed by atoms with van der Waals surface area (Å²) in [6, 6.07) is 9.99. The van der Waals surface area contributed by atoms with Gasteiger partial charge in [-0.2, -0.15) is 0 Å². The molecule has 1 heterocycles. The molecule has 0 spiro atoms. The van der Waals surface area contributed by atoms with E-state index in [0.717, 1.165) is 20.2 Å². The Kier molecular flexibility index (Phi) is 3.79. The van der Waals surface area contributed by atoms with Gasteiger partial charge in [0, 0.05) is 22.5 Å². The zero-order chi connectivity index (χ0) is 11.4. The molecule has 2 rings (SSSR count). The van der Waals surface area contributed by atoms with Gasteiger partial charge in [-0.25, -0.2) is 9.97 Å². The van der Waals surface area contributed by atoms with E-state index in [2.05, 4.69) is 37.3 Å². The lowest BCUT2D eigenvalue weighted by atomic mass is 10.4. The molecule has 0 aliphatic heterocycles. The molecule has 0 saturated heterocycles. The fraction of sp³-hybridized carbons (Fsp3) is 0.0909. The van der Waals surface area contributed by atoms with Crippen LogP contribution >= 0.6 is 27.7 Å². The van der Waals surface area contributed by atoms with Crippen LogP contribution in [0.25, 0.3) is 0 Å². The van der Waals surface area contributed by atoms with Crippen molar-refractivity contribution in [1.82, 2.24) is 9.97 Å². The average molecular weight is 296 g/mol. The van der Waals surface area contributed by atoms with Crippen molar-refractivity contribution in [2.24, 2.45) is 0 Å². The molecule has 0 saturated carbocycles. The molecule has 1 aromatic heterocycles. The van der Waals surface area contributed by atoms with Crippen molar-refractivity contribution in [3.8, 4) is 0 Å². The minimum absolute atomic E-state index is 0.824. The second-order valence-corrected chi connectivity index (χ2v) is 4.94. The van der Waals surface area contributed by atoms with E-state index in [0.29, 0.717) is 0 Å². The van der Waals surface area contributed by atoms with Gasteiger partial charge in [0.05, 0.1) is 0 Å².